The number of carbonyl (C=O) groups is 1. The fourth-order valence-electron chi connectivity index (χ4n) is 1.54. The van der Waals surface area contributed by atoms with Gasteiger partial charge >= 0.3 is 5.97 Å². The second kappa shape index (κ2) is 5.20. The number of rotatable bonds is 5. The Morgan fingerprint density at radius 3 is 2.76 bits per heavy atom. The summed E-state index contributed by atoms with van der Waals surface area (Å²) >= 11 is 0. The number of carboxylic acids is 1. The molecule has 0 aliphatic heterocycles. The molecule has 2 rings (SSSR count). The van der Waals surface area contributed by atoms with Crippen molar-refractivity contribution in [2.75, 3.05) is 0 Å². The Morgan fingerprint density at radius 1 is 1.29 bits per heavy atom. The Hall–Kier alpha value is -2.24. The number of tetrazole rings is 1. The standard InChI is InChI=1S/C11H12N4O2/c16-11(17)8-10-12-13-14-15(10)7-6-9-4-2-1-3-5-9/h1-5H,6-8H2,(H,16,17). The molecular weight excluding hydrogens is 220 g/mol. The van der Waals surface area contributed by atoms with Gasteiger partial charge in [-0.2, -0.15) is 0 Å². The number of aryl methyl sites for hydroxylation is 2. The topological polar surface area (TPSA) is 80.9 Å². The number of aliphatic carboxylic acids is 1. The van der Waals surface area contributed by atoms with Crippen molar-refractivity contribution in [3.63, 3.8) is 0 Å². The van der Waals surface area contributed by atoms with E-state index in [0.717, 1.165) is 6.42 Å². The van der Waals surface area contributed by atoms with Crippen molar-refractivity contribution in [3.8, 4) is 0 Å². The monoisotopic (exact) mass is 232 g/mol. The first-order valence-electron chi connectivity index (χ1n) is 5.26. The highest BCUT2D eigenvalue weighted by molar-refractivity contribution is 5.68. The first-order chi connectivity index (χ1) is 8.25. The predicted molar refractivity (Wildman–Crippen MR) is 59.3 cm³/mol. The normalized spacial score (nSPS) is 10.4. The van der Waals surface area contributed by atoms with E-state index in [-0.39, 0.29) is 6.42 Å². The molecule has 88 valence electrons. The molecule has 0 amide bonds. The lowest BCUT2D eigenvalue weighted by Gasteiger charge is -2.03. The minimum Gasteiger partial charge on any atom is -0.481 e. The van der Waals surface area contributed by atoms with Crippen LogP contribution < -0.4 is 0 Å². The van der Waals surface area contributed by atoms with E-state index < -0.39 is 5.97 Å². The first-order valence-corrected chi connectivity index (χ1v) is 5.26. The number of hydrogen-bond acceptors (Lipinski definition) is 4. The molecule has 0 spiro atoms. The van der Waals surface area contributed by atoms with Crippen LogP contribution in [0.3, 0.4) is 0 Å². The molecule has 6 heteroatoms. The van der Waals surface area contributed by atoms with Crippen LogP contribution in [0.25, 0.3) is 0 Å². The maximum Gasteiger partial charge on any atom is 0.311 e. The van der Waals surface area contributed by atoms with Crippen molar-refractivity contribution >= 4 is 5.97 Å². The molecular formula is C11H12N4O2. The van der Waals surface area contributed by atoms with E-state index in [0.29, 0.717) is 12.4 Å². The van der Waals surface area contributed by atoms with Gasteiger partial charge in [0.2, 0.25) is 0 Å². The van der Waals surface area contributed by atoms with Crippen LogP contribution in [-0.4, -0.2) is 31.3 Å². The van der Waals surface area contributed by atoms with Gasteiger partial charge in [0.25, 0.3) is 0 Å². The van der Waals surface area contributed by atoms with Crippen molar-refractivity contribution < 1.29 is 9.90 Å². The Balaban J connectivity index is 2.00. The van der Waals surface area contributed by atoms with Gasteiger partial charge in [0, 0.05) is 6.54 Å². The van der Waals surface area contributed by atoms with Gasteiger partial charge in [-0.05, 0) is 22.4 Å². The van der Waals surface area contributed by atoms with Gasteiger partial charge in [-0.15, -0.1) is 5.10 Å². The lowest BCUT2D eigenvalue weighted by atomic mass is 10.1. The van der Waals surface area contributed by atoms with Crippen LogP contribution in [0.2, 0.25) is 0 Å². The molecule has 2 aromatic rings. The SMILES string of the molecule is O=C(O)Cc1nnnn1CCc1ccccc1. The minimum absolute atomic E-state index is 0.151. The molecule has 6 nitrogen and oxygen atoms in total. The van der Waals surface area contributed by atoms with E-state index in [1.165, 1.54) is 10.2 Å². The quantitative estimate of drug-likeness (QED) is 0.813. The molecule has 0 unspecified atom stereocenters. The predicted octanol–water partition coefficient (Wildman–Crippen LogP) is 0.543. The van der Waals surface area contributed by atoms with Crippen molar-refractivity contribution in [3.05, 3.63) is 41.7 Å². The van der Waals surface area contributed by atoms with Crippen molar-refractivity contribution in [1.82, 2.24) is 20.2 Å². The van der Waals surface area contributed by atoms with Crippen LogP contribution >= 0.6 is 0 Å². The summed E-state index contributed by atoms with van der Waals surface area (Å²) in [5, 5.41) is 19.6. The van der Waals surface area contributed by atoms with Gasteiger partial charge in [0.05, 0.1) is 0 Å². The van der Waals surface area contributed by atoms with Gasteiger partial charge < -0.3 is 5.11 Å². The molecule has 1 N–H and O–H groups in total. The van der Waals surface area contributed by atoms with Gasteiger partial charge in [-0.1, -0.05) is 30.3 Å². The third kappa shape index (κ3) is 3.10. The lowest BCUT2D eigenvalue weighted by molar-refractivity contribution is -0.136. The van der Waals surface area contributed by atoms with Gasteiger partial charge in [0.1, 0.15) is 6.42 Å². The second-order valence-electron chi connectivity index (χ2n) is 3.62. The van der Waals surface area contributed by atoms with Crippen molar-refractivity contribution in [1.29, 1.82) is 0 Å². The minimum atomic E-state index is -0.930. The zero-order valence-electron chi connectivity index (χ0n) is 9.15. The third-order valence-electron chi connectivity index (χ3n) is 2.37. The molecule has 1 aromatic carbocycles. The molecule has 0 fully saturated rings. The molecule has 0 atom stereocenters. The maximum absolute atomic E-state index is 10.6. The van der Waals surface area contributed by atoms with Crippen molar-refractivity contribution in [2.45, 2.75) is 19.4 Å². The molecule has 0 radical (unpaired) electrons. The van der Waals surface area contributed by atoms with Crippen LogP contribution in [0.15, 0.2) is 30.3 Å². The summed E-state index contributed by atoms with van der Waals surface area (Å²) in [6.07, 6.45) is 0.625. The largest absolute Gasteiger partial charge is 0.481 e. The average molecular weight is 232 g/mol. The molecule has 1 heterocycles. The summed E-state index contributed by atoms with van der Waals surface area (Å²) in [6, 6.07) is 9.92. The molecule has 0 aliphatic rings. The summed E-state index contributed by atoms with van der Waals surface area (Å²) in [6.45, 7) is 0.583. The van der Waals surface area contributed by atoms with Gasteiger partial charge in [0.15, 0.2) is 5.82 Å². The van der Waals surface area contributed by atoms with Crippen LogP contribution in [0, 0.1) is 0 Å². The molecule has 0 bridgehead atoms. The lowest BCUT2D eigenvalue weighted by Crippen LogP contribution is -2.12. The smallest absolute Gasteiger partial charge is 0.311 e. The third-order valence-corrected chi connectivity index (χ3v) is 2.37. The van der Waals surface area contributed by atoms with E-state index in [4.69, 9.17) is 5.11 Å². The summed E-state index contributed by atoms with van der Waals surface area (Å²) in [4.78, 5) is 10.6. The second-order valence-corrected chi connectivity index (χ2v) is 3.62. The number of carboxylic acid groups (broad SMARTS) is 1. The van der Waals surface area contributed by atoms with E-state index in [2.05, 4.69) is 15.5 Å². The van der Waals surface area contributed by atoms with E-state index in [1.807, 2.05) is 30.3 Å². The molecule has 0 saturated carbocycles. The number of benzene rings is 1. The van der Waals surface area contributed by atoms with Crippen LogP contribution in [-0.2, 0) is 24.2 Å². The van der Waals surface area contributed by atoms with Crippen LogP contribution in [0.4, 0.5) is 0 Å². The summed E-state index contributed by atoms with van der Waals surface area (Å²) in [5.41, 5.74) is 1.17. The van der Waals surface area contributed by atoms with Crippen molar-refractivity contribution in [2.24, 2.45) is 0 Å². The van der Waals surface area contributed by atoms with Crippen LogP contribution in [0.5, 0.6) is 0 Å². The summed E-state index contributed by atoms with van der Waals surface area (Å²) in [7, 11) is 0. The molecule has 0 aliphatic carbocycles. The Kier molecular flexibility index (Phi) is 3.44. The highest BCUT2D eigenvalue weighted by Crippen LogP contribution is 2.02. The van der Waals surface area contributed by atoms with Gasteiger partial charge in [-0.3, -0.25) is 4.79 Å². The Labute approximate surface area is 97.9 Å². The van der Waals surface area contributed by atoms with E-state index >= 15 is 0 Å². The summed E-state index contributed by atoms with van der Waals surface area (Å²) in [5.74, 6) is -0.547. The fraction of sp³-hybridized carbons (Fsp3) is 0.273. The molecule has 1 aromatic heterocycles. The molecule has 0 saturated heterocycles. The Morgan fingerprint density at radius 2 is 2.06 bits per heavy atom. The molecule has 17 heavy (non-hydrogen) atoms. The maximum atomic E-state index is 10.6. The number of hydrogen-bond donors (Lipinski definition) is 1. The summed E-state index contributed by atoms with van der Waals surface area (Å²) < 4.78 is 1.53. The van der Waals surface area contributed by atoms with Crippen LogP contribution in [0.1, 0.15) is 11.4 Å². The Bertz CT molecular complexity index is 495. The highest BCUT2D eigenvalue weighted by atomic mass is 16.4. The number of aromatic nitrogens is 4. The zero-order valence-corrected chi connectivity index (χ0v) is 9.15. The van der Waals surface area contributed by atoms with E-state index in [9.17, 15) is 4.79 Å². The highest BCUT2D eigenvalue weighted by Gasteiger charge is 2.09. The first kappa shape index (κ1) is 11.3. The fourth-order valence-corrected chi connectivity index (χ4v) is 1.54. The average Bonchev–Trinajstić information content (AvgIpc) is 2.74. The number of nitrogens with zero attached hydrogens (tertiary/aromatic N) is 4. The van der Waals surface area contributed by atoms with Gasteiger partial charge in [-0.25, -0.2) is 4.68 Å². The van der Waals surface area contributed by atoms with E-state index in [1.54, 1.807) is 0 Å². The zero-order chi connectivity index (χ0) is 12.1.